The van der Waals surface area contributed by atoms with Crippen molar-refractivity contribution < 1.29 is 19.1 Å². The van der Waals surface area contributed by atoms with Crippen LogP contribution in [0.2, 0.25) is 0 Å². The molecule has 3 rings (SSSR count). The van der Waals surface area contributed by atoms with Gasteiger partial charge >= 0.3 is 11.9 Å². The summed E-state index contributed by atoms with van der Waals surface area (Å²) in [5, 5.41) is 4.03. The number of hydrogen-bond donors (Lipinski definition) is 1. The summed E-state index contributed by atoms with van der Waals surface area (Å²) in [6.07, 6.45) is 0. The van der Waals surface area contributed by atoms with Crippen molar-refractivity contribution in [2.24, 2.45) is 0 Å². The molecule has 1 N–H and O–H groups in total. The smallest absolute Gasteiger partial charge is 0.357 e. The van der Waals surface area contributed by atoms with Crippen molar-refractivity contribution in [3.63, 3.8) is 0 Å². The van der Waals surface area contributed by atoms with Gasteiger partial charge in [0.25, 0.3) is 0 Å². The fraction of sp³-hybridized carbons (Fsp3) is 0.227. The standard InChI is InChI=1S/C22H22N2O4/c1-3-27-21(25)18-19(23-14-15-10-6-5-7-11-15)16-12-8-9-13-17(16)24-20(18)22(26)28-4-2/h5-13H,3-4,14H2,1-2H3,(H,23,24). The van der Waals surface area contributed by atoms with Crippen LogP contribution in [-0.2, 0) is 16.0 Å². The highest BCUT2D eigenvalue weighted by Gasteiger charge is 2.27. The Bertz CT molecular complexity index is 986. The van der Waals surface area contributed by atoms with Gasteiger partial charge in [-0.05, 0) is 25.5 Å². The van der Waals surface area contributed by atoms with Gasteiger partial charge in [0.15, 0.2) is 5.69 Å². The van der Waals surface area contributed by atoms with E-state index in [1.165, 1.54) is 0 Å². The summed E-state index contributed by atoms with van der Waals surface area (Å²) >= 11 is 0. The number of anilines is 1. The van der Waals surface area contributed by atoms with Gasteiger partial charge in [-0.2, -0.15) is 0 Å². The lowest BCUT2D eigenvalue weighted by Crippen LogP contribution is -2.19. The SMILES string of the molecule is CCOC(=O)c1nc2ccccc2c(NCc2ccccc2)c1C(=O)OCC. The Labute approximate surface area is 163 Å². The zero-order valence-corrected chi connectivity index (χ0v) is 15.9. The molecule has 6 nitrogen and oxygen atoms in total. The molecule has 0 bridgehead atoms. The number of benzene rings is 2. The highest BCUT2D eigenvalue weighted by molar-refractivity contribution is 6.12. The van der Waals surface area contributed by atoms with Crippen molar-refractivity contribution in [1.82, 2.24) is 4.98 Å². The van der Waals surface area contributed by atoms with Crippen LogP contribution in [0, 0.1) is 0 Å². The van der Waals surface area contributed by atoms with Gasteiger partial charge in [0.1, 0.15) is 5.56 Å². The summed E-state index contributed by atoms with van der Waals surface area (Å²) in [7, 11) is 0. The van der Waals surface area contributed by atoms with Crippen LogP contribution < -0.4 is 5.32 Å². The van der Waals surface area contributed by atoms with Crippen molar-refractivity contribution in [1.29, 1.82) is 0 Å². The number of aromatic nitrogens is 1. The van der Waals surface area contributed by atoms with Gasteiger partial charge in [0, 0.05) is 11.9 Å². The molecule has 0 aliphatic rings. The molecule has 2 aromatic carbocycles. The Kier molecular flexibility index (Phi) is 6.22. The number of hydrogen-bond acceptors (Lipinski definition) is 6. The highest BCUT2D eigenvalue weighted by atomic mass is 16.5. The van der Waals surface area contributed by atoms with Crippen molar-refractivity contribution in [3.05, 3.63) is 71.4 Å². The summed E-state index contributed by atoms with van der Waals surface area (Å²) in [6, 6.07) is 17.1. The molecule has 0 aliphatic heterocycles. The zero-order chi connectivity index (χ0) is 19.9. The second-order valence-electron chi connectivity index (χ2n) is 6.01. The Morgan fingerprint density at radius 2 is 1.54 bits per heavy atom. The van der Waals surface area contributed by atoms with Gasteiger partial charge in [-0.15, -0.1) is 0 Å². The van der Waals surface area contributed by atoms with E-state index in [1.807, 2.05) is 48.5 Å². The van der Waals surface area contributed by atoms with Gasteiger partial charge in [0.2, 0.25) is 0 Å². The van der Waals surface area contributed by atoms with E-state index in [4.69, 9.17) is 9.47 Å². The number of rotatable bonds is 7. The molecule has 0 unspecified atom stereocenters. The summed E-state index contributed by atoms with van der Waals surface area (Å²) in [5.41, 5.74) is 2.19. The molecule has 0 spiro atoms. The number of nitrogens with zero attached hydrogens (tertiary/aromatic N) is 1. The molecule has 0 radical (unpaired) electrons. The Hall–Kier alpha value is -3.41. The molecule has 0 saturated carbocycles. The third-order valence-electron chi connectivity index (χ3n) is 4.15. The van der Waals surface area contributed by atoms with Crippen LogP contribution in [0.3, 0.4) is 0 Å². The minimum absolute atomic E-state index is 0.0467. The fourth-order valence-corrected chi connectivity index (χ4v) is 2.93. The first-order valence-electron chi connectivity index (χ1n) is 9.20. The minimum atomic E-state index is -0.654. The maximum absolute atomic E-state index is 12.7. The molecule has 0 saturated heterocycles. The lowest BCUT2D eigenvalue weighted by Gasteiger charge is -2.17. The zero-order valence-electron chi connectivity index (χ0n) is 15.9. The molecule has 144 valence electrons. The van der Waals surface area contributed by atoms with E-state index in [2.05, 4.69) is 10.3 Å². The maximum atomic E-state index is 12.7. The summed E-state index contributed by atoms with van der Waals surface area (Å²) < 4.78 is 10.3. The Balaban J connectivity index is 2.17. The molecule has 0 aliphatic carbocycles. The number of ether oxygens (including phenoxy) is 2. The first kappa shape index (κ1) is 19.4. The van der Waals surface area contributed by atoms with Crippen molar-refractivity contribution >= 4 is 28.5 Å². The van der Waals surface area contributed by atoms with Crippen LogP contribution in [0.15, 0.2) is 54.6 Å². The van der Waals surface area contributed by atoms with Gasteiger partial charge in [-0.25, -0.2) is 14.6 Å². The molecular weight excluding hydrogens is 356 g/mol. The number of carbonyl (C=O) groups excluding carboxylic acids is 2. The van der Waals surface area contributed by atoms with E-state index in [1.54, 1.807) is 19.9 Å². The second kappa shape index (κ2) is 8.99. The number of esters is 2. The summed E-state index contributed by atoms with van der Waals surface area (Å²) in [5.74, 6) is -1.27. The van der Waals surface area contributed by atoms with Crippen molar-refractivity contribution in [2.45, 2.75) is 20.4 Å². The lowest BCUT2D eigenvalue weighted by atomic mass is 10.0. The first-order chi connectivity index (χ1) is 13.7. The molecule has 0 atom stereocenters. The average Bonchev–Trinajstić information content (AvgIpc) is 2.72. The minimum Gasteiger partial charge on any atom is -0.462 e. The Morgan fingerprint density at radius 3 is 2.25 bits per heavy atom. The van der Waals surface area contributed by atoms with E-state index in [-0.39, 0.29) is 24.5 Å². The number of nitrogens with one attached hydrogen (secondary N) is 1. The topological polar surface area (TPSA) is 77.5 Å². The molecule has 0 amide bonds. The first-order valence-corrected chi connectivity index (χ1v) is 9.20. The molecular formula is C22H22N2O4. The second-order valence-corrected chi connectivity index (χ2v) is 6.01. The number of pyridine rings is 1. The number of para-hydroxylation sites is 1. The van der Waals surface area contributed by atoms with Gasteiger partial charge in [0.05, 0.1) is 24.4 Å². The van der Waals surface area contributed by atoms with Gasteiger partial charge < -0.3 is 14.8 Å². The predicted octanol–water partition coefficient (Wildman–Crippen LogP) is 4.20. The van der Waals surface area contributed by atoms with Crippen LogP contribution in [0.5, 0.6) is 0 Å². The molecule has 28 heavy (non-hydrogen) atoms. The monoisotopic (exact) mass is 378 g/mol. The van der Waals surface area contributed by atoms with E-state index in [0.29, 0.717) is 17.7 Å². The fourth-order valence-electron chi connectivity index (χ4n) is 2.93. The normalized spacial score (nSPS) is 10.5. The van der Waals surface area contributed by atoms with Crippen LogP contribution in [-0.4, -0.2) is 30.1 Å². The predicted molar refractivity (Wildman–Crippen MR) is 107 cm³/mol. The molecule has 1 aromatic heterocycles. The summed E-state index contributed by atoms with van der Waals surface area (Å²) in [6.45, 7) is 4.27. The quantitative estimate of drug-likeness (QED) is 0.621. The molecule has 1 heterocycles. The number of fused-ring (bicyclic) bond motifs is 1. The molecule has 6 heteroatoms. The largest absolute Gasteiger partial charge is 0.462 e. The van der Waals surface area contributed by atoms with E-state index < -0.39 is 11.9 Å². The number of carbonyl (C=O) groups is 2. The highest BCUT2D eigenvalue weighted by Crippen LogP contribution is 2.30. The average molecular weight is 378 g/mol. The van der Waals surface area contributed by atoms with Crippen LogP contribution >= 0.6 is 0 Å². The Morgan fingerprint density at radius 1 is 0.893 bits per heavy atom. The molecule has 0 fully saturated rings. The lowest BCUT2D eigenvalue weighted by molar-refractivity contribution is 0.0474. The third kappa shape index (κ3) is 4.11. The van der Waals surface area contributed by atoms with Gasteiger partial charge in [-0.3, -0.25) is 0 Å². The summed E-state index contributed by atoms with van der Waals surface area (Å²) in [4.78, 5) is 29.7. The molecule has 3 aromatic rings. The van der Waals surface area contributed by atoms with Crippen LogP contribution in [0.4, 0.5) is 5.69 Å². The van der Waals surface area contributed by atoms with Gasteiger partial charge in [-0.1, -0.05) is 48.5 Å². The van der Waals surface area contributed by atoms with E-state index in [0.717, 1.165) is 10.9 Å². The van der Waals surface area contributed by atoms with E-state index >= 15 is 0 Å². The van der Waals surface area contributed by atoms with Crippen molar-refractivity contribution in [2.75, 3.05) is 18.5 Å². The van der Waals surface area contributed by atoms with Crippen molar-refractivity contribution in [3.8, 4) is 0 Å². The third-order valence-corrected chi connectivity index (χ3v) is 4.15. The van der Waals surface area contributed by atoms with E-state index in [9.17, 15) is 9.59 Å². The van der Waals surface area contributed by atoms with Crippen LogP contribution in [0.25, 0.3) is 10.9 Å². The van der Waals surface area contributed by atoms with Crippen LogP contribution in [0.1, 0.15) is 40.3 Å². The maximum Gasteiger partial charge on any atom is 0.357 e.